The standard InChI is InChI=1S/C21H22N4O3/c26-21(23-11-16-5-3-9-27-16)19-10-17-18(28-19)7-6-14-12-25(24-20(14)17)13-15-4-1-2-8-22-15/h1-2,4,8,10,12,16H,3,5-7,9,11,13H2,(H,23,26)/t16-/m0/s1. The van der Waals surface area contributed by atoms with E-state index in [1.165, 1.54) is 5.56 Å². The molecule has 4 heterocycles. The van der Waals surface area contributed by atoms with E-state index in [1.54, 1.807) is 6.20 Å². The van der Waals surface area contributed by atoms with Gasteiger partial charge in [-0.15, -0.1) is 0 Å². The minimum atomic E-state index is -0.195. The summed E-state index contributed by atoms with van der Waals surface area (Å²) in [5.41, 5.74) is 3.96. The van der Waals surface area contributed by atoms with Crippen LogP contribution in [0.2, 0.25) is 0 Å². The number of carbonyl (C=O) groups is 1. The third-order valence-corrected chi connectivity index (χ3v) is 5.31. The first-order valence-corrected chi connectivity index (χ1v) is 9.75. The van der Waals surface area contributed by atoms with Crippen molar-refractivity contribution in [1.82, 2.24) is 20.1 Å². The van der Waals surface area contributed by atoms with Gasteiger partial charge in [0.1, 0.15) is 5.76 Å². The van der Waals surface area contributed by atoms with Gasteiger partial charge in [-0.2, -0.15) is 5.10 Å². The number of pyridine rings is 1. The molecule has 1 aliphatic carbocycles. The van der Waals surface area contributed by atoms with Gasteiger partial charge in [-0.1, -0.05) is 6.07 Å². The van der Waals surface area contributed by atoms with Crippen molar-refractivity contribution in [2.45, 2.75) is 38.3 Å². The van der Waals surface area contributed by atoms with Crippen LogP contribution in [0.4, 0.5) is 0 Å². The lowest BCUT2D eigenvalue weighted by Gasteiger charge is -2.09. The van der Waals surface area contributed by atoms with Crippen LogP contribution >= 0.6 is 0 Å². The summed E-state index contributed by atoms with van der Waals surface area (Å²) in [4.78, 5) is 16.8. The maximum Gasteiger partial charge on any atom is 0.287 e. The molecular weight excluding hydrogens is 356 g/mol. The van der Waals surface area contributed by atoms with Crippen LogP contribution < -0.4 is 5.32 Å². The number of ether oxygens (including phenoxy) is 1. The lowest BCUT2D eigenvalue weighted by atomic mass is 9.97. The Hall–Kier alpha value is -2.93. The van der Waals surface area contributed by atoms with Gasteiger partial charge in [0.05, 0.1) is 24.0 Å². The van der Waals surface area contributed by atoms with Gasteiger partial charge in [0.25, 0.3) is 5.91 Å². The Morgan fingerprint density at radius 2 is 2.29 bits per heavy atom. The molecule has 1 N–H and O–H groups in total. The molecule has 3 aromatic rings. The second kappa shape index (κ2) is 7.24. The molecule has 5 rings (SSSR count). The highest BCUT2D eigenvalue weighted by Crippen LogP contribution is 2.34. The number of aromatic nitrogens is 3. The number of fused-ring (bicyclic) bond motifs is 3. The number of furan rings is 1. The number of rotatable bonds is 5. The summed E-state index contributed by atoms with van der Waals surface area (Å²) in [5.74, 6) is 0.979. The van der Waals surface area contributed by atoms with Gasteiger partial charge in [-0.3, -0.25) is 14.5 Å². The number of hydrogen-bond acceptors (Lipinski definition) is 5. The Kier molecular flexibility index (Phi) is 4.44. The molecule has 1 aliphatic heterocycles. The van der Waals surface area contributed by atoms with Gasteiger partial charge >= 0.3 is 0 Å². The second-order valence-electron chi connectivity index (χ2n) is 7.31. The minimum Gasteiger partial charge on any atom is -0.455 e. The van der Waals surface area contributed by atoms with Crippen LogP contribution in [-0.4, -0.2) is 39.9 Å². The zero-order valence-electron chi connectivity index (χ0n) is 15.6. The first-order chi connectivity index (χ1) is 13.8. The topological polar surface area (TPSA) is 82.2 Å². The molecule has 0 aromatic carbocycles. The van der Waals surface area contributed by atoms with Crippen molar-refractivity contribution < 1.29 is 13.9 Å². The van der Waals surface area contributed by atoms with Gasteiger partial charge in [0.15, 0.2) is 5.76 Å². The number of hydrogen-bond donors (Lipinski definition) is 1. The van der Waals surface area contributed by atoms with E-state index < -0.39 is 0 Å². The van der Waals surface area contributed by atoms with Crippen molar-refractivity contribution in [3.8, 4) is 11.3 Å². The first kappa shape index (κ1) is 17.2. The molecule has 1 atom stereocenters. The van der Waals surface area contributed by atoms with E-state index in [9.17, 15) is 4.79 Å². The minimum absolute atomic E-state index is 0.113. The highest BCUT2D eigenvalue weighted by molar-refractivity contribution is 5.93. The van der Waals surface area contributed by atoms with E-state index in [4.69, 9.17) is 14.3 Å². The number of aryl methyl sites for hydroxylation is 2. The maximum atomic E-state index is 12.5. The Bertz CT molecular complexity index is 987. The zero-order chi connectivity index (χ0) is 18.9. The maximum absolute atomic E-state index is 12.5. The molecule has 28 heavy (non-hydrogen) atoms. The van der Waals surface area contributed by atoms with Crippen LogP contribution in [0.3, 0.4) is 0 Å². The predicted molar refractivity (Wildman–Crippen MR) is 102 cm³/mol. The average molecular weight is 378 g/mol. The van der Waals surface area contributed by atoms with Gasteiger partial charge in [0, 0.05) is 37.5 Å². The molecule has 1 fully saturated rings. The second-order valence-corrected chi connectivity index (χ2v) is 7.31. The fourth-order valence-electron chi connectivity index (χ4n) is 3.88. The summed E-state index contributed by atoms with van der Waals surface area (Å²) < 4.78 is 13.3. The molecule has 0 bridgehead atoms. The summed E-state index contributed by atoms with van der Waals surface area (Å²) in [6, 6.07) is 7.68. The van der Waals surface area contributed by atoms with Gasteiger partial charge in [0.2, 0.25) is 0 Å². The molecule has 144 valence electrons. The van der Waals surface area contributed by atoms with E-state index >= 15 is 0 Å². The summed E-state index contributed by atoms with van der Waals surface area (Å²) in [6.45, 7) is 1.92. The smallest absolute Gasteiger partial charge is 0.287 e. The summed E-state index contributed by atoms with van der Waals surface area (Å²) in [6.07, 6.45) is 7.64. The van der Waals surface area contributed by atoms with E-state index in [-0.39, 0.29) is 12.0 Å². The number of carbonyl (C=O) groups excluding carboxylic acids is 1. The van der Waals surface area contributed by atoms with Crippen molar-refractivity contribution in [2.75, 3.05) is 13.2 Å². The SMILES string of the molecule is O=C(NC[C@@H]1CCCO1)c1cc2c(o1)CCc1cn(Cc3ccccn3)nc1-2. The molecule has 0 unspecified atom stereocenters. The number of nitrogens with one attached hydrogen (secondary N) is 1. The fourth-order valence-corrected chi connectivity index (χ4v) is 3.88. The van der Waals surface area contributed by atoms with Crippen molar-refractivity contribution in [1.29, 1.82) is 0 Å². The van der Waals surface area contributed by atoms with Crippen LogP contribution in [-0.2, 0) is 24.1 Å². The third-order valence-electron chi connectivity index (χ3n) is 5.31. The Morgan fingerprint density at radius 1 is 1.32 bits per heavy atom. The van der Waals surface area contributed by atoms with Crippen molar-refractivity contribution in [3.63, 3.8) is 0 Å². The molecular formula is C21H22N4O3. The number of nitrogens with zero attached hydrogens (tertiary/aromatic N) is 3. The van der Waals surface area contributed by atoms with Gasteiger partial charge in [-0.25, -0.2) is 0 Å². The Balaban J connectivity index is 1.34. The van der Waals surface area contributed by atoms with E-state index in [0.717, 1.165) is 55.0 Å². The fraction of sp³-hybridized carbons (Fsp3) is 0.381. The van der Waals surface area contributed by atoms with Gasteiger partial charge in [-0.05, 0) is 43.0 Å². The predicted octanol–water partition coefficient (Wildman–Crippen LogP) is 2.59. The van der Waals surface area contributed by atoms with Crippen LogP contribution in [0.15, 0.2) is 41.1 Å². The van der Waals surface area contributed by atoms with Crippen LogP contribution in [0.1, 0.15) is 40.4 Å². The molecule has 1 amide bonds. The zero-order valence-corrected chi connectivity index (χ0v) is 15.6. The third kappa shape index (κ3) is 3.33. The summed E-state index contributed by atoms with van der Waals surface area (Å²) in [5, 5.41) is 7.65. The largest absolute Gasteiger partial charge is 0.455 e. The van der Waals surface area contributed by atoms with Crippen molar-refractivity contribution in [3.05, 3.63) is 59.4 Å². The normalized spacial score (nSPS) is 17.9. The molecule has 2 aliphatic rings. The Labute approximate surface area is 162 Å². The highest BCUT2D eigenvalue weighted by atomic mass is 16.5. The molecule has 7 heteroatoms. The molecule has 1 saturated heterocycles. The Morgan fingerprint density at radius 3 is 3.11 bits per heavy atom. The molecule has 0 radical (unpaired) electrons. The number of amides is 1. The average Bonchev–Trinajstić information content (AvgIpc) is 3.45. The van der Waals surface area contributed by atoms with Crippen LogP contribution in [0, 0.1) is 0 Å². The molecule has 7 nitrogen and oxygen atoms in total. The van der Waals surface area contributed by atoms with E-state index in [1.807, 2.05) is 28.9 Å². The lowest BCUT2D eigenvalue weighted by molar-refractivity contribution is 0.0834. The monoisotopic (exact) mass is 378 g/mol. The molecule has 3 aromatic heterocycles. The van der Waals surface area contributed by atoms with Crippen LogP contribution in [0.5, 0.6) is 0 Å². The molecule has 0 saturated carbocycles. The lowest BCUT2D eigenvalue weighted by Crippen LogP contribution is -2.31. The van der Waals surface area contributed by atoms with E-state index in [0.29, 0.717) is 18.8 Å². The van der Waals surface area contributed by atoms with E-state index in [2.05, 4.69) is 16.5 Å². The summed E-state index contributed by atoms with van der Waals surface area (Å²) >= 11 is 0. The quantitative estimate of drug-likeness (QED) is 0.738. The highest BCUT2D eigenvalue weighted by Gasteiger charge is 2.26. The molecule has 0 spiro atoms. The van der Waals surface area contributed by atoms with Gasteiger partial charge < -0.3 is 14.5 Å². The van der Waals surface area contributed by atoms with Crippen molar-refractivity contribution in [2.24, 2.45) is 0 Å². The van der Waals surface area contributed by atoms with Crippen molar-refractivity contribution >= 4 is 5.91 Å². The van der Waals surface area contributed by atoms with Crippen LogP contribution in [0.25, 0.3) is 11.3 Å². The summed E-state index contributed by atoms with van der Waals surface area (Å²) in [7, 11) is 0. The first-order valence-electron chi connectivity index (χ1n) is 9.75.